The Balaban J connectivity index is 2.09. The number of hydrogen-bond acceptors (Lipinski definition) is 3. The number of hydrogen-bond donors (Lipinski definition) is 0. The summed E-state index contributed by atoms with van der Waals surface area (Å²) < 4.78 is 19.4. The van der Waals surface area contributed by atoms with E-state index in [0.717, 1.165) is 29.1 Å². The third-order valence-corrected chi connectivity index (χ3v) is 4.84. The third kappa shape index (κ3) is 3.24. The van der Waals surface area contributed by atoms with Crippen molar-refractivity contribution in [3.63, 3.8) is 0 Å². The van der Waals surface area contributed by atoms with Crippen LogP contribution < -0.4 is 9.64 Å². The first kappa shape index (κ1) is 18.2. The number of ether oxygens (including phenoxy) is 1. The average molecular weight is 352 g/mol. The van der Waals surface area contributed by atoms with Crippen molar-refractivity contribution in [2.24, 2.45) is 4.99 Å². The fraction of sp³-hybridized carbons (Fsp3) is 0.318. The molecule has 0 bridgehead atoms. The monoisotopic (exact) mass is 352 g/mol. The summed E-state index contributed by atoms with van der Waals surface area (Å²) in [6.07, 6.45) is 3.95. The minimum Gasteiger partial charge on any atom is -0.496 e. The Morgan fingerprint density at radius 3 is 2.62 bits per heavy atom. The topological polar surface area (TPSA) is 24.8 Å². The molecule has 0 aliphatic carbocycles. The molecule has 0 N–H and O–H groups in total. The van der Waals surface area contributed by atoms with E-state index < -0.39 is 0 Å². The zero-order chi connectivity index (χ0) is 18.9. The van der Waals surface area contributed by atoms with Crippen LogP contribution in [-0.4, -0.2) is 25.4 Å². The van der Waals surface area contributed by atoms with E-state index in [2.05, 4.69) is 55.8 Å². The summed E-state index contributed by atoms with van der Waals surface area (Å²) in [6.45, 7) is 9.60. The molecule has 4 heteroatoms. The first-order valence-corrected chi connectivity index (χ1v) is 8.85. The van der Waals surface area contributed by atoms with E-state index in [9.17, 15) is 4.39 Å². The number of benzene rings is 2. The Labute approximate surface area is 154 Å². The lowest BCUT2D eigenvalue weighted by atomic mass is 9.88. The summed E-state index contributed by atoms with van der Waals surface area (Å²) in [7, 11) is 1.65. The van der Waals surface area contributed by atoms with Crippen LogP contribution in [0.25, 0.3) is 5.57 Å². The number of fused-ring (bicyclic) bond motifs is 1. The molecule has 3 nitrogen and oxygen atoms in total. The standard InChI is InChI=1S/C22H25FN2O/c1-6-25-20-12-21(26-5)16(11-17(20)15(2)13-22(25,3)4)14-24-19-10-8-7-9-18(19)23/h7-14H,6H2,1-5H3. The summed E-state index contributed by atoms with van der Waals surface area (Å²) in [6, 6.07) is 10.6. The summed E-state index contributed by atoms with van der Waals surface area (Å²) in [5.41, 5.74) is 4.62. The Kier molecular flexibility index (Phi) is 4.86. The van der Waals surface area contributed by atoms with Crippen molar-refractivity contribution in [1.82, 2.24) is 0 Å². The molecule has 136 valence electrons. The van der Waals surface area contributed by atoms with Gasteiger partial charge in [0.1, 0.15) is 11.6 Å². The second-order valence-corrected chi connectivity index (χ2v) is 7.05. The van der Waals surface area contributed by atoms with E-state index in [4.69, 9.17) is 4.74 Å². The number of allylic oxidation sites excluding steroid dienone is 1. The zero-order valence-corrected chi connectivity index (χ0v) is 16.0. The molecular weight excluding hydrogens is 327 g/mol. The highest BCUT2D eigenvalue weighted by Crippen LogP contribution is 2.41. The van der Waals surface area contributed by atoms with Crippen LogP contribution >= 0.6 is 0 Å². The van der Waals surface area contributed by atoms with Gasteiger partial charge in [0, 0.05) is 35.6 Å². The molecule has 0 saturated heterocycles. The van der Waals surface area contributed by atoms with E-state index in [-0.39, 0.29) is 11.4 Å². The SMILES string of the molecule is CCN1c2cc(OC)c(C=Nc3ccccc3F)cc2C(C)=CC1(C)C. The molecule has 1 heterocycles. The van der Waals surface area contributed by atoms with Gasteiger partial charge in [0.2, 0.25) is 0 Å². The lowest BCUT2D eigenvalue weighted by molar-refractivity contribution is 0.413. The number of halogens is 1. The van der Waals surface area contributed by atoms with Crippen molar-refractivity contribution in [2.75, 3.05) is 18.6 Å². The predicted molar refractivity (Wildman–Crippen MR) is 107 cm³/mol. The van der Waals surface area contributed by atoms with Crippen molar-refractivity contribution in [3.05, 3.63) is 59.4 Å². The van der Waals surface area contributed by atoms with Gasteiger partial charge in [-0.05, 0) is 51.5 Å². The molecule has 0 unspecified atom stereocenters. The second-order valence-electron chi connectivity index (χ2n) is 7.05. The number of likely N-dealkylation sites (N-methyl/N-ethyl adjacent to an activating group) is 1. The van der Waals surface area contributed by atoms with Gasteiger partial charge in [-0.1, -0.05) is 18.2 Å². The third-order valence-electron chi connectivity index (χ3n) is 4.84. The van der Waals surface area contributed by atoms with Crippen LogP contribution in [0.4, 0.5) is 15.8 Å². The van der Waals surface area contributed by atoms with Gasteiger partial charge in [-0.25, -0.2) is 4.39 Å². The normalized spacial score (nSPS) is 15.8. The molecule has 0 aromatic heterocycles. The highest BCUT2D eigenvalue weighted by molar-refractivity contribution is 5.92. The Morgan fingerprint density at radius 1 is 1.23 bits per heavy atom. The fourth-order valence-corrected chi connectivity index (χ4v) is 3.67. The lowest BCUT2D eigenvalue weighted by Gasteiger charge is -2.43. The van der Waals surface area contributed by atoms with Crippen LogP contribution in [0.5, 0.6) is 5.75 Å². The summed E-state index contributed by atoms with van der Waals surface area (Å²) in [5, 5.41) is 0. The average Bonchev–Trinajstić information content (AvgIpc) is 2.60. The fourth-order valence-electron chi connectivity index (χ4n) is 3.67. The molecule has 0 atom stereocenters. The van der Waals surface area contributed by atoms with E-state index in [1.165, 1.54) is 11.6 Å². The van der Waals surface area contributed by atoms with E-state index in [1.54, 1.807) is 31.5 Å². The number of aliphatic imine (C=N–C) groups is 1. The molecule has 1 aliphatic heterocycles. The zero-order valence-electron chi connectivity index (χ0n) is 16.0. The number of anilines is 1. The Bertz CT molecular complexity index is 884. The van der Waals surface area contributed by atoms with Crippen molar-refractivity contribution < 1.29 is 9.13 Å². The van der Waals surface area contributed by atoms with E-state index in [0.29, 0.717) is 5.69 Å². The van der Waals surface area contributed by atoms with Gasteiger partial charge in [-0.3, -0.25) is 4.99 Å². The minimum absolute atomic E-state index is 0.0559. The van der Waals surface area contributed by atoms with Crippen molar-refractivity contribution in [3.8, 4) is 5.75 Å². The predicted octanol–water partition coefficient (Wildman–Crippen LogP) is 5.61. The molecule has 0 amide bonds. The van der Waals surface area contributed by atoms with Crippen LogP contribution in [0.1, 0.15) is 38.8 Å². The number of methoxy groups -OCH3 is 1. The van der Waals surface area contributed by atoms with Crippen LogP contribution in [0.15, 0.2) is 47.5 Å². The first-order valence-electron chi connectivity index (χ1n) is 8.85. The lowest BCUT2D eigenvalue weighted by Crippen LogP contribution is -2.44. The molecule has 0 saturated carbocycles. The van der Waals surface area contributed by atoms with Gasteiger partial charge in [0.05, 0.1) is 18.3 Å². The number of rotatable bonds is 4. The summed E-state index contributed by atoms with van der Waals surface area (Å²) in [4.78, 5) is 6.67. The highest BCUT2D eigenvalue weighted by atomic mass is 19.1. The maximum absolute atomic E-state index is 13.8. The molecule has 1 aliphatic rings. The molecule has 2 aromatic carbocycles. The van der Waals surface area contributed by atoms with E-state index in [1.807, 2.05) is 0 Å². The van der Waals surface area contributed by atoms with Gasteiger partial charge in [-0.2, -0.15) is 0 Å². The van der Waals surface area contributed by atoms with Crippen LogP contribution in [0, 0.1) is 5.82 Å². The van der Waals surface area contributed by atoms with Gasteiger partial charge in [0.25, 0.3) is 0 Å². The van der Waals surface area contributed by atoms with Crippen LogP contribution in [0.3, 0.4) is 0 Å². The van der Waals surface area contributed by atoms with Crippen molar-refractivity contribution >= 4 is 23.2 Å². The number of nitrogens with zero attached hydrogens (tertiary/aromatic N) is 2. The first-order chi connectivity index (χ1) is 12.4. The molecular formula is C22H25FN2O. The highest BCUT2D eigenvalue weighted by Gasteiger charge is 2.31. The second kappa shape index (κ2) is 6.94. The molecule has 0 radical (unpaired) electrons. The van der Waals surface area contributed by atoms with E-state index >= 15 is 0 Å². The molecule has 26 heavy (non-hydrogen) atoms. The van der Waals surface area contributed by atoms with Crippen LogP contribution in [0.2, 0.25) is 0 Å². The molecule has 0 fully saturated rings. The Morgan fingerprint density at radius 2 is 1.96 bits per heavy atom. The largest absolute Gasteiger partial charge is 0.496 e. The number of para-hydroxylation sites is 1. The van der Waals surface area contributed by atoms with Crippen molar-refractivity contribution in [2.45, 2.75) is 33.2 Å². The van der Waals surface area contributed by atoms with Gasteiger partial charge in [0.15, 0.2) is 0 Å². The minimum atomic E-state index is -0.337. The maximum Gasteiger partial charge on any atom is 0.148 e. The summed E-state index contributed by atoms with van der Waals surface area (Å²) in [5.74, 6) is 0.392. The van der Waals surface area contributed by atoms with Crippen molar-refractivity contribution in [1.29, 1.82) is 0 Å². The smallest absolute Gasteiger partial charge is 0.148 e. The maximum atomic E-state index is 13.8. The van der Waals surface area contributed by atoms with Gasteiger partial charge >= 0.3 is 0 Å². The quantitative estimate of drug-likeness (QED) is 0.669. The van der Waals surface area contributed by atoms with Crippen LogP contribution in [-0.2, 0) is 0 Å². The molecule has 2 aromatic rings. The van der Waals surface area contributed by atoms with Gasteiger partial charge < -0.3 is 9.64 Å². The molecule has 3 rings (SSSR count). The van der Waals surface area contributed by atoms with Gasteiger partial charge in [-0.15, -0.1) is 0 Å². The summed E-state index contributed by atoms with van der Waals surface area (Å²) >= 11 is 0. The molecule has 0 spiro atoms. The Hall–Kier alpha value is -2.62.